The number of para-hydroxylation sites is 1. The summed E-state index contributed by atoms with van der Waals surface area (Å²) in [6.07, 6.45) is -5.24. The predicted molar refractivity (Wildman–Crippen MR) is 185 cm³/mol. The molecule has 5 aromatic rings. The van der Waals surface area contributed by atoms with Gasteiger partial charge in [0, 0.05) is 66.3 Å². The number of rotatable bonds is 8. The first-order valence-corrected chi connectivity index (χ1v) is 17.8. The number of pyridine rings is 1. The normalized spacial score (nSPS) is 20.1. The molecule has 2 aromatic carbocycles. The Balaban J connectivity index is 1.25. The van der Waals surface area contributed by atoms with Crippen molar-refractivity contribution < 1.29 is 45.4 Å². The minimum Gasteiger partial charge on any atom is -0.381 e. The van der Waals surface area contributed by atoms with Gasteiger partial charge in [0.15, 0.2) is 11.5 Å². The van der Waals surface area contributed by atoms with Crippen molar-refractivity contribution in [3.8, 4) is 23.0 Å². The van der Waals surface area contributed by atoms with Crippen molar-refractivity contribution in [1.82, 2.24) is 24.5 Å². The van der Waals surface area contributed by atoms with Crippen LogP contribution in [-0.4, -0.2) is 54.2 Å². The number of aliphatic hydroxyl groups is 1. The Morgan fingerprint density at radius 3 is 2.49 bits per heavy atom. The van der Waals surface area contributed by atoms with Crippen LogP contribution in [0.1, 0.15) is 77.1 Å². The molecule has 0 amide bonds. The lowest BCUT2D eigenvalue weighted by Crippen LogP contribution is -2.34. The third kappa shape index (κ3) is 6.80. The molecule has 3 atom stereocenters. The molecule has 286 valence electrons. The number of hydrogen-bond acceptors (Lipinski definition) is 6. The van der Waals surface area contributed by atoms with Crippen LogP contribution < -0.4 is 0 Å². The summed E-state index contributed by atoms with van der Waals surface area (Å²) < 4.78 is 110. The van der Waals surface area contributed by atoms with Crippen LogP contribution in [0.5, 0.6) is 0 Å². The number of ether oxygens (including phenoxy) is 1. The molecule has 3 aromatic heterocycles. The SMILES string of the molecule is Cc1nn(C)c2c(-c3ccc(C#CC4(O)CCOCC4)nc3[C@@H](CC(=O)Cn3nc(C(F)(F)F)c4c3C(F)(F)[C@@H]3C[C@H]43)Cc3cc(F)cc(F)c3)cccc12. The molecule has 0 unspecified atom stereocenters. The summed E-state index contributed by atoms with van der Waals surface area (Å²) in [6.45, 7) is 1.56. The first-order valence-electron chi connectivity index (χ1n) is 17.8. The van der Waals surface area contributed by atoms with E-state index >= 15 is 8.78 Å². The molecule has 3 aliphatic rings. The summed E-state index contributed by atoms with van der Waals surface area (Å²) in [5.74, 6) is -3.58. The number of aromatic nitrogens is 5. The molecule has 8 rings (SSSR count). The molecule has 2 fully saturated rings. The summed E-state index contributed by atoms with van der Waals surface area (Å²) in [6, 6.07) is 11.8. The van der Waals surface area contributed by atoms with E-state index in [2.05, 4.69) is 22.0 Å². The van der Waals surface area contributed by atoms with Crippen LogP contribution in [-0.2, 0) is 41.6 Å². The molecule has 15 heteroatoms. The number of hydrogen-bond donors (Lipinski definition) is 1. The largest absolute Gasteiger partial charge is 0.435 e. The van der Waals surface area contributed by atoms with Gasteiger partial charge in [0.2, 0.25) is 0 Å². The molecular formula is C40H34F7N5O3. The average molecular weight is 766 g/mol. The molecule has 1 saturated heterocycles. The molecule has 1 aliphatic heterocycles. The summed E-state index contributed by atoms with van der Waals surface area (Å²) in [7, 11) is 1.76. The quantitative estimate of drug-likeness (QED) is 0.130. The lowest BCUT2D eigenvalue weighted by atomic mass is 9.86. The van der Waals surface area contributed by atoms with Crippen LogP contribution >= 0.6 is 0 Å². The molecule has 4 heterocycles. The van der Waals surface area contributed by atoms with Crippen LogP contribution in [0.15, 0.2) is 48.5 Å². The van der Waals surface area contributed by atoms with Gasteiger partial charge in [0.25, 0.3) is 5.92 Å². The van der Waals surface area contributed by atoms with Gasteiger partial charge < -0.3 is 9.84 Å². The fourth-order valence-electron chi connectivity index (χ4n) is 8.21. The summed E-state index contributed by atoms with van der Waals surface area (Å²) in [5, 5.41) is 19.9. The summed E-state index contributed by atoms with van der Waals surface area (Å²) in [4.78, 5) is 18.9. The molecule has 0 radical (unpaired) electrons. The maximum Gasteiger partial charge on any atom is 0.435 e. The Morgan fingerprint density at radius 2 is 1.78 bits per heavy atom. The molecule has 1 N–H and O–H groups in total. The number of alkyl halides is 5. The molecule has 1 saturated carbocycles. The third-order valence-corrected chi connectivity index (χ3v) is 10.8. The monoisotopic (exact) mass is 765 g/mol. The van der Waals surface area contributed by atoms with Gasteiger partial charge in [-0.2, -0.15) is 32.1 Å². The van der Waals surface area contributed by atoms with E-state index in [1.807, 2.05) is 25.1 Å². The van der Waals surface area contributed by atoms with Crippen LogP contribution in [0.3, 0.4) is 0 Å². The van der Waals surface area contributed by atoms with E-state index in [-0.39, 0.29) is 42.6 Å². The van der Waals surface area contributed by atoms with Crippen LogP contribution in [0.25, 0.3) is 22.0 Å². The van der Waals surface area contributed by atoms with Gasteiger partial charge in [-0.3, -0.25) is 14.2 Å². The predicted octanol–water partition coefficient (Wildman–Crippen LogP) is 7.52. The van der Waals surface area contributed by atoms with Gasteiger partial charge in [-0.15, -0.1) is 0 Å². The number of carbonyl (C=O) groups excluding carboxylic acids is 1. The van der Waals surface area contributed by atoms with E-state index in [1.165, 1.54) is 0 Å². The zero-order valence-electron chi connectivity index (χ0n) is 29.7. The molecular weight excluding hydrogens is 731 g/mol. The van der Waals surface area contributed by atoms with Crippen molar-refractivity contribution in [3.05, 3.63) is 99.8 Å². The van der Waals surface area contributed by atoms with Gasteiger partial charge in [-0.25, -0.2) is 13.8 Å². The van der Waals surface area contributed by atoms with E-state index in [9.17, 15) is 31.9 Å². The number of carbonyl (C=O) groups is 1. The second-order valence-corrected chi connectivity index (χ2v) is 14.7. The number of fused-ring (bicyclic) bond motifs is 4. The maximum atomic E-state index is 15.4. The highest BCUT2D eigenvalue weighted by Crippen LogP contribution is 2.68. The molecule has 8 nitrogen and oxygen atoms in total. The van der Waals surface area contributed by atoms with E-state index in [0.717, 1.165) is 23.2 Å². The fourth-order valence-corrected chi connectivity index (χ4v) is 8.21. The summed E-state index contributed by atoms with van der Waals surface area (Å²) >= 11 is 0. The highest BCUT2D eigenvalue weighted by molar-refractivity contribution is 5.96. The van der Waals surface area contributed by atoms with Crippen molar-refractivity contribution in [2.24, 2.45) is 13.0 Å². The molecule has 0 spiro atoms. The van der Waals surface area contributed by atoms with E-state index in [1.54, 1.807) is 23.9 Å². The number of halogens is 7. The van der Waals surface area contributed by atoms with Crippen molar-refractivity contribution >= 4 is 16.7 Å². The fraction of sp³-hybridized carbons (Fsp3) is 0.400. The molecule has 55 heavy (non-hydrogen) atoms. The molecule has 2 aliphatic carbocycles. The first kappa shape index (κ1) is 36.9. The van der Waals surface area contributed by atoms with Gasteiger partial charge >= 0.3 is 6.18 Å². The minimum atomic E-state index is -5.01. The first-order chi connectivity index (χ1) is 26.0. The molecule has 0 bridgehead atoms. The zero-order chi connectivity index (χ0) is 39.0. The van der Waals surface area contributed by atoms with Gasteiger partial charge in [0.1, 0.15) is 35.2 Å². The van der Waals surface area contributed by atoms with Crippen LogP contribution in [0, 0.1) is 36.3 Å². The topological polar surface area (TPSA) is 95.1 Å². The Bertz CT molecular complexity index is 2400. The number of Topliss-reactive ketones (excluding diaryl/α,β-unsaturated/α-hetero) is 1. The van der Waals surface area contributed by atoms with Crippen LogP contribution in [0.2, 0.25) is 0 Å². The average Bonchev–Trinajstić information content (AvgIpc) is 3.67. The van der Waals surface area contributed by atoms with E-state index < -0.39 is 82.8 Å². The number of aryl methyl sites for hydroxylation is 2. The minimum absolute atomic E-state index is 0.100. The van der Waals surface area contributed by atoms with E-state index in [0.29, 0.717) is 40.6 Å². The standard InChI is InChI=1S/C40H34F7N5O3/c1-21-28-4-3-5-30(35(28)51(2)49-21)29-7-6-26(8-9-38(54)10-12-55-13-11-38)48-34(29)23(14-22-15-24(41)18-25(42)16-22)17-27(53)20-52-37-33(36(50-52)40(45,46)47)31-19-32(31)39(37,43)44/h3-7,15-16,18,23,31-32,54H,10-14,17,19-20H2,1-2H3/t23-,31+,32-/m1/s1. The Kier molecular flexibility index (Phi) is 8.92. The second kappa shape index (κ2) is 13.3. The Hall–Kier alpha value is -5.07. The van der Waals surface area contributed by atoms with Crippen molar-refractivity contribution in [2.45, 2.75) is 75.1 Å². The van der Waals surface area contributed by atoms with Gasteiger partial charge in [0.05, 0.1) is 30.1 Å². The van der Waals surface area contributed by atoms with Gasteiger partial charge in [-0.05, 0) is 61.4 Å². The van der Waals surface area contributed by atoms with E-state index in [4.69, 9.17) is 9.72 Å². The second-order valence-electron chi connectivity index (χ2n) is 14.7. The zero-order valence-corrected chi connectivity index (χ0v) is 29.7. The Morgan fingerprint density at radius 1 is 1.05 bits per heavy atom. The third-order valence-electron chi connectivity index (χ3n) is 10.8. The number of ketones is 1. The highest BCUT2D eigenvalue weighted by Gasteiger charge is 2.68. The van der Waals surface area contributed by atoms with Crippen molar-refractivity contribution in [1.29, 1.82) is 0 Å². The van der Waals surface area contributed by atoms with Crippen molar-refractivity contribution in [3.63, 3.8) is 0 Å². The Labute approximate surface area is 310 Å². The van der Waals surface area contributed by atoms with Crippen LogP contribution in [0.4, 0.5) is 30.7 Å². The lowest BCUT2D eigenvalue weighted by molar-refractivity contribution is -0.142. The lowest BCUT2D eigenvalue weighted by Gasteiger charge is -2.26. The number of nitrogens with zero attached hydrogens (tertiary/aromatic N) is 5. The number of benzene rings is 2. The smallest absolute Gasteiger partial charge is 0.381 e. The summed E-state index contributed by atoms with van der Waals surface area (Å²) in [5.41, 5.74) is -1.03. The highest BCUT2D eigenvalue weighted by atomic mass is 19.4. The maximum absolute atomic E-state index is 15.4. The van der Waals surface area contributed by atoms with Gasteiger partial charge in [-0.1, -0.05) is 24.1 Å². The van der Waals surface area contributed by atoms with Crippen molar-refractivity contribution in [2.75, 3.05) is 13.2 Å².